The van der Waals surface area contributed by atoms with Gasteiger partial charge in [-0.05, 0) is 31.5 Å². The van der Waals surface area contributed by atoms with Crippen molar-refractivity contribution >= 4 is 11.6 Å². The smallest absolute Gasteiger partial charge is 0.145 e. The lowest BCUT2D eigenvalue weighted by Gasteiger charge is -2.42. The summed E-state index contributed by atoms with van der Waals surface area (Å²) in [5.74, 6) is -0.242. The summed E-state index contributed by atoms with van der Waals surface area (Å²) in [6, 6.07) is 5.29. The molecule has 1 aliphatic carbocycles. The standard InChI is InChI=1S/C12H15ClFN/c1-15-8-12(6-3-7-12)9-4-2-5-10(13)11(9)14/h2,4-5,15H,3,6-8H2,1H3. The van der Waals surface area contributed by atoms with E-state index < -0.39 is 0 Å². The van der Waals surface area contributed by atoms with Gasteiger partial charge in [0.05, 0.1) is 5.02 Å². The maximum atomic E-state index is 13.9. The van der Waals surface area contributed by atoms with E-state index in [0.717, 1.165) is 24.9 Å². The fourth-order valence-electron chi connectivity index (χ4n) is 2.40. The lowest BCUT2D eigenvalue weighted by molar-refractivity contribution is 0.231. The molecule has 0 bridgehead atoms. The second kappa shape index (κ2) is 4.11. The molecule has 0 spiro atoms. The molecule has 1 aromatic carbocycles. The Morgan fingerprint density at radius 1 is 1.47 bits per heavy atom. The predicted molar refractivity (Wildman–Crippen MR) is 60.9 cm³/mol. The van der Waals surface area contributed by atoms with E-state index in [2.05, 4.69) is 5.32 Å². The van der Waals surface area contributed by atoms with E-state index in [1.54, 1.807) is 6.07 Å². The van der Waals surface area contributed by atoms with Crippen LogP contribution in [0.1, 0.15) is 24.8 Å². The number of rotatable bonds is 3. The van der Waals surface area contributed by atoms with Crippen molar-refractivity contribution in [2.45, 2.75) is 24.7 Å². The Balaban J connectivity index is 2.38. The van der Waals surface area contributed by atoms with Gasteiger partial charge in [0.1, 0.15) is 5.82 Å². The molecule has 82 valence electrons. The first-order valence-corrected chi connectivity index (χ1v) is 5.66. The molecule has 1 saturated carbocycles. The van der Waals surface area contributed by atoms with Crippen molar-refractivity contribution in [1.29, 1.82) is 0 Å². The highest BCUT2D eigenvalue weighted by molar-refractivity contribution is 6.30. The van der Waals surface area contributed by atoms with Crippen LogP contribution in [0.25, 0.3) is 0 Å². The first-order valence-electron chi connectivity index (χ1n) is 5.29. The zero-order valence-corrected chi connectivity index (χ0v) is 9.57. The lowest BCUT2D eigenvalue weighted by Crippen LogP contribution is -2.43. The first kappa shape index (κ1) is 10.9. The maximum Gasteiger partial charge on any atom is 0.145 e. The molecule has 1 nitrogen and oxygen atoms in total. The molecule has 3 heteroatoms. The second-order valence-electron chi connectivity index (χ2n) is 4.27. The Labute approximate surface area is 94.6 Å². The summed E-state index contributed by atoms with van der Waals surface area (Å²) in [5, 5.41) is 3.38. The average Bonchev–Trinajstić information content (AvgIpc) is 2.17. The maximum absolute atomic E-state index is 13.9. The third-order valence-electron chi connectivity index (χ3n) is 3.35. The Kier molecular flexibility index (Phi) is 2.98. The highest BCUT2D eigenvalue weighted by Gasteiger charge is 2.40. The number of nitrogens with one attached hydrogen (secondary N) is 1. The van der Waals surface area contributed by atoms with Crippen LogP contribution in [0.2, 0.25) is 5.02 Å². The minimum Gasteiger partial charge on any atom is -0.319 e. The number of hydrogen-bond acceptors (Lipinski definition) is 1. The summed E-state index contributed by atoms with van der Waals surface area (Å²) in [6.07, 6.45) is 3.27. The molecule has 0 aromatic heterocycles. The minimum absolute atomic E-state index is 0.0241. The molecule has 1 aromatic rings. The van der Waals surface area contributed by atoms with Gasteiger partial charge in [-0.1, -0.05) is 30.2 Å². The quantitative estimate of drug-likeness (QED) is 0.837. The average molecular weight is 228 g/mol. The molecule has 0 radical (unpaired) electrons. The molecule has 1 N–H and O–H groups in total. The van der Waals surface area contributed by atoms with Crippen molar-refractivity contribution in [3.8, 4) is 0 Å². The van der Waals surface area contributed by atoms with Crippen LogP contribution < -0.4 is 5.32 Å². The molecule has 2 rings (SSSR count). The molecule has 1 fully saturated rings. The second-order valence-corrected chi connectivity index (χ2v) is 4.67. The molecule has 1 aliphatic rings. The van der Waals surface area contributed by atoms with Crippen LogP contribution in [0.5, 0.6) is 0 Å². The van der Waals surface area contributed by atoms with Gasteiger partial charge in [-0.2, -0.15) is 0 Å². The molecule has 15 heavy (non-hydrogen) atoms. The van der Waals surface area contributed by atoms with Gasteiger partial charge < -0.3 is 5.32 Å². The Bertz CT molecular complexity index is 361. The van der Waals surface area contributed by atoms with E-state index in [-0.39, 0.29) is 16.3 Å². The molecule has 0 unspecified atom stereocenters. The summed E-state index contributed by atoms with van der Waals surface area (Å²) in [4.78, 5) is 0. The lowest BCUT2D eigenvalue weighted by atomic mass is 9.64. The van der Waals surface area contributed by atoms with Crippen molar-refractivity contribution in [2.24, 2.45) is 0 Å². The topological polar surface area (TPSA) is 12.0 Å². The number of benzene rings is 1. The normalized spacial score (nSPS) is 18.6. The summed E-state index contributed by atoms with van der Waals surface area (Å²) < 4.78 is 13.9. The summed E-state index contributed by atoms with van der Waals surface area (Å²) in [5.41, 5.74) is 0.750. The molecule has 0 atom stereocenters. The number of hydrogen-bond donors (Lipinski definition) is 1. The zero-order chi connectivity index (χ0) is 10.9. The highest BCUT2D eigenvalue weighted by Crippen LogP contribution is 2.45. The van der Waals surface area contributed by atoms with Crippen molar-refractivity contribution in [1.82, 2.24) is 5.32 Å². The summed E-state index contributed by atoms with van der Waals surface area (Å²) in [7, 11) is 1.91. The van der Waals surface area contributed by atoms with Crippen LogP contribution in [0.3, 0.4) is 0 Å². The number of likely N-dealkylation sites (N-methyl/N-ethyl adjacent to an activating group) is 1. The fourth-order valence-corrected chi connectivity index (χ4v) is 2.57. The Hall–Kier alpha value is -0.600. The third kappa shape index (κ3) is 1.77. The molecular weight excluding hydrogens is 213 g/mol. The van der Waals surface area contributed by atoms with Crippen LogP contribution in [0, 0.1) is 5.82 Å². The highest BCUT2D eigenvalue weighted by atomic mass is 35.5. The van der Waals surface area contributed by atoms with E-state index >= 15 is 0 Å². The van der Waals surface area contributed by atoms with Gasteiger partial charge in [0.25, 0.3) is 0 Å². The van der Waals surface area contributed by atoms with Crippen molar-refractivity contribution in [3.05, 3.63) is 34.6 Å². The van der Waals surface area contributed by atoms with E-state index in [9.17, 15) is 4.39 Å². The van der Waals surface area contributed by atoms with Crippen molar-refractivity contribution in [2.75, 3.05) is 13.6 Å². The van der Waals surface area contributed by atoms with Crippen LogP contribution >= 0.6 is 11.6 Å². The molecule has 0 saturated heterocycles. The molecule has 0 amide bonds. The Morgan fingerprint density at radius 2 is 2.20 bits per heavy atom. The fraction of sp³-hybridized carbons (Fsp3) is 0.500. The first-order chi connectivity index (χ1) is 7.19. The Morgan fingerprint density at radius 3 is 2.73 bits per heavy atom. The minimum atomic E-state index is -0.242. The van der Waals surface area contributed by atoms with Gasteiger partial charge in [-0.25, -0.2) is 4.39 Å². The van der Waals surface area contributed by atoms with Crippen molar-refractivity contribution < 1.29 is 4.39 Å². The zero-order valence-electron chi connectivity index (χ0n) is 8.82. The summed E-state index contributed by atoms with van der Waals surface area (Å²) >= 11 is 5.81. The predicted octanol–water partition coefficient (Wildman–Crippen LogP) is 3.12. The summed E-state index contributed by atoms with van der Waals surface area (Å²) in [6.45, 7) is 0.824. The van der Waals surface area contributed by atoms with Gasteiger partial charge in [0.2, 0.25) is 0 Å². The SMILES string of the molecule is CNCC1(c2cccc(Cl)c2F)CCC1. The van der Waals surface area contributed by atoms with Crippen LogP contribution in [0.15, 0.2) is 18.2 Å². The molecular formula is C12H15ClFN. The van der Waals surface area contributed by atoms with Gasteiger partial charge in [-0.15, -0.1) is 0 Å². The molecule has 0 aliphatic heterocycles. The largest absolute Gasteiger partial charge is 0.319 e. The van der Waals surface area contributed by atoms with E-state index in [1.807, 2.05) is 19.2 Å². The van der Waals surface area contributed by atoms with Crippen LogP contribution in [0.4, 0.5) is 4.39 Å². The van der Waals surface area contributed by atoms with Gasteiger partial charge in [0.15, 0.2) is 0 Å². The van der Waals surface area contributed by atoms with Crippen LogP contribution in [-0.4, -0.2) is 13.6 Å². The van der Waals surface area contributed by atoms with Gasteiger partial charge in [-0.3, -0.25) is 0 Å². The number of halogens is 2. The monoisotopic (exact) mass is 227 g/mol. The van der Waals surface area contributed by atoms with E-state index in [4.69, 9.17) is 11.6 Å². The van der Waals surface area contributed by atoms with Crippen LogP contribution in [-0.2, 0) is 5.41 Å². The third-order valence-corrected chi connectivity index (χ3v) is 3.64. The van der Waals surface area contributed by atoms with Gasteiger partial charge in [0, 0.05) is 12.0 Å². The van der Waals surface area contributed by atoms with E-state index in [0.29, 0.717) is 0 Å². The van der Waals surface area contributed by atoms with Gasteiger partial charge >= 0.3 is 0 Å². The van der Waals surface area contributed by atoms with E-state index in [1.165, 1.54) is 6.42 Å². The van der Waals surface area contributed by atoms with Crippen molar-refractivity contribution in [3.63, 3.8) is 0 Å². The molecule has 0 heterocycles.